The summed E-state index contributed by atoms with van der Waals surface area (Å²) in [6.45, 7) is 0. The Bertz CT molecular complexity index is 1420. The maximum atomic E-state index is 13.1. The van der Waals surface area contributed by atoms with Crippen LogP contribution in [0.3, 0.4) is 0 Å². The van der Waals surface area contributed by atoms with E-state index in [-0.39, 0.29) is 0 Å². The zero-order valence-electron chi connectivity index (χ0n) is 18.3. The number of carboxylic acid groups (broad SMARTS) is 1. The summed E-state index contributed by atoms with van der Waals surface area (Å²) < 4.78 is 40.2. The Hall–Kier alpha value is -4.14. The van der Waals surface area contributed by atoms with E-state index < -0.39 is 29.0 Å². The molecule has 6 nitrogen and oxygen atoms in total. The smallest absolute Gasteiger partial charge is 0.416 e. The molecule has 2 N–H and O–H groups in total. The number of aliphatic carboxylic acids is 1. The number of pyridine rings is 1. The number of carbonyl (C=O) groups excluding carboxylic acids is 1. The van der Waals surface area contributed by atoms with Gasteiger partial charge < -0.3 is 10.4 Å². The van der Waals surface area contributed by atoms with Crippen LogP contribution in [0.15, 0.2) is 73.1 Å². The van der Waals surface area contributed by atoms with Gasteiger partial charge in [0, 0.05) is 11.9 Å². The van der Waals surface area contributed by atoms with Crippen LogP contribution in [0.25, 0.3) is 5.52 Å². The number of carbonyl (C=O) groups is 2. The number of alkyl halides is 3. The first-order valence-electron chi connectivity index (χ1n) is 10.9. The van der Waals surface area contributed by atoms with E-state index in [1.54, 1.807) is 47.1 Å². The fourth-order valence-electron chi connectivity index (χ4n) is 4.28. The van der Waals surface area contributed by atoms with Crippen LogP contribution in [-0.4, -0.2) is 26.6 Å². The molecule has 5 rings (SSSR count). The molecule has 1 saturated carbocycles. The molecule has 2 heterocycles. The van der Waals surface area contributed by atoms with Crippen molar-refractivity contribution >= 4 is 23.1 Å². The monoisotopic (exact) mass is 479 g/mol. The number of carboxylic acids is 1. The van der Waals surface area contributed by atoms with Gasteiger partial charge in [-0.25, -0.2) is 4.52 Å². The number of aromatic nitrogens is 2. The summed E-state index contributed by atoms with van der Waals surface area (Å²) in [7, 11) is 0. The van der Waals surface area contributed by atoms with Gasteiger partial charge in [-0.1, -0.05) is 30.3 Å². The summed E-state index contributed by atoms with van der Waals surface area (Å²) in [4.78, 5) is 24.6. The van der Waals surface area contributed by atoms with Crippen molar-refractivity contribution in [1.29, 1.82) is 0 Å². The molecule has 0 radical (unpaired) electrons. The minimum Gasteiger partial charge on any atom is -0.481 e. The van der Waals surface area contributed by atoms with Gasteiger partial charge in [-0.15, -0.1) is 0 Å². The molecule has 1 fully saturated rings. The van der Waals surface area contributed by atoms with E-state index in [2.05, 4.69) is 10.4 Å². The summed E-state index contributed by atoms with van der Waals surface area (Å²) in [5, 5.41) is 16.5. The highest BCUT2D eigenvalue weighted by molar-refractivity contribution is 6.09. The lowest BCUT2D eigenvalue weighted by molar-refractivity contribution is -0.140. The van der Waals surface area contributed by atoms with Gasteiger partial charge in [-0.3, -0.25) is 9.59 Å². The molecule has 0 aliphatic heterocycles. The van der Waals surface area contributed by atoms with Gasteiger partial charge in [0.1, 0.15) is 0 Å². The predicted octanol–water partition coefficient (Wildman–Crippen LogP) is 5.31. The van der Waals surface area contributed by atoms with Gasteiger partial charge >= 0.3 is 12.1 Å². The average molecular weight is 479 g/mol. The molecule has 0 saturated heterocycles. The van der Waals surface area contributed by atoms with Gasteiger partial charge in [-0.05, 0) is 66.3 Å². The van der Waals surface area contributed by atoms with E-state index in [1.165, 1.54) is 18.3 Å². The highest BCUT2D eigenvalue weighted by atomic mass is 19.4. The lowest BCUT2D eigenvalue weighted by Crippen LogP contribution is -2.19. The van der Waals surface area contributed by atoms with Gasteiger partial charge in [0.05, 0.1) is 28.3 Å². The number of nitrogens with zero attached hydrogens (tertiary/aromatic N) is 2. The molecule has 35 heavy (non-hydrogen) atoms. The topological polar surface area (TPSA) is 83.7 Å². The van der Waals surface area contributed by atoms with E-state index in [0.717, 1.165) is 17.7 Å². The minimum atomic E-state index is -4.40. The summed E-state index contributed by atoms with van der Waals surface area (Å²) in [5.41, 5.74) is 1.97. The first kappa shape index (κ1) is 22.6. The van der Waals surface area contributed by atoms with Crippen molar-refractivity contribution in [3.05, 3.63) is 101 Å². The number of amides is 1. The van der Waals surface area contributed by atoms with E-state index in [4.69, 9.17) is 0 Å². The Balaban J connectivity index is 1.38. The maximum absolute atomic E-state index is 13.1. The summed E-state index contributed by atoms with van der Waals surface area (Å²) >= 11 is 0. The largest absolute Gasteiger partial charge is 0.481 e. The third-order valence-electron chi connectivity index (χ3n) is 6.40. The van der Waals surface area contributed by atoms with Crippen LogP contribution in [0.2, 0.25) is 0 Å². The molecule has 0 atom stereocenters. The summed E-state index contributed by atoms with van der Waals surface area (Å²) in [6, 6.07) is 15.3. The molecule has 1 aliphatic rings. The molecule has 0 spiro atoms. The quantitative estimate of drug-likeness (QED) is 0.393. The van der Waals surface area contributed by atoms with Crippen molar-refractivity contribution in [2.45, 2.75) is 30.9 Å². The number of rotatable bonds is 6. The second kappa shape index (κ2) is 8.26. The van der Waals surface area contributed by atoms with Crippen molar-refractivity contribution in [3.63, 3.8) is 0 Å². The van der Waals surface area contributed by atoms with Gasteiger partial charge in [0.15, 0.2) is 0 Å². The second-order valence-electron chi connectivity index (χ2n) is 8.68. The van der Waals surface area contributed by atoms with Crippen LogP contribution in [0.4, 0.5) is 18.9 Å². The first-order chi connectivity index (χ1) is 16.7. The van der Waals surface area contributed by atoms with E-state index in [0.29, 0.717) is 47.2 Å². The van der Waals surface area contributed by atoms with E-state index in [9.17, 15) is 27.9 Å². The average Bonchev–Trinajstić information content (AvgIpc) is 3.52. The van der Waals surface area contributed by atoms with Gasteiger partial charge in [0.25, 0.3) is 5.91 Å². The summed E-state index contributed by atoms with van der Waals surface area (Å²) in [5.74, 6) is -1.24. The van der Waals surface area contributed by atoms with E-state index in [1.807, 2.05) is 0 Å². The van der Waals surface area contributed by atoms with Crippen LogP contribution in [0, 0.1) is 0 Å². The Labute approximate surface area is 198 Å². The Kier molecular flexibility index (Phi) is 5.35. The number of halogens is 3. The van der Waals surface area contributed by atoms with Crippen molar-refractivity contribution in [2.24, 2.45) is 0 Å². The molecule has 0 unspecified atom stereocenters. The molecule has 1 aliphatic carbocycles. The number of benzene rings is 2. The second-order valence-corrected chi connectivity index (χ2v) is 8.68. The number of fused-ring (bicyclic) bond motifs is 1. The standard InChI is InChI=1S/C26H20F3N3O3/c27-26(28,29)19-5-3-16(4-6-19)14-17-2-1-13-32-22(17)21(15-30-32)23(33)31-20-9-7-18(8-10-20)25(11-12-25)24(34)35/h1-10,13,15H,11-12,14H2,(H,31,33)(H,34,35). The van der Waals surface area contributed by atoms with E-state index >= 15 is 0 Å². The highest BCUT2D eigenvalue weighted by Gasteiger charge is 2.51. The van der Waals surface area contributed by atoms with Crippen molar-refractivity contribution < 1.29 is 27.9 Å². The zero-order valence-corrected chi connectivity index (χ0v) is 18.3. The van der Waals surface area contributed by atoms with Crippen molar-refractivity contribution in [2.75, 3.05) is 5.32 Å². The first-order valence-corrected chi connectivity index (χ1v) is 10.9. The third kappa shape index (κ3) is 4.25. The Morgan fingerprint density at radius 2 is 1.71 bits per heavy atom. The maximum Gasteiger partial charge on any atom is 0.416 e. The molecule has 1 amide bonds. The van der Waals surface area contributed by atoms with Crippen LogP contribution in [0.5, 0.6) is 0 Å². The number of hydrogen-bond acceptors (Lipinski definition) is 3. The predicted molar refractivity (Wildman–Crippen MR) is 122 cm³/mol. The van der Waals surface area contributed by atoms with Crippen molar-refractivity contribution in [3.8, 4) is 0 Å². The molecule has 0 bridgehead atoms. The summed E-state index contributed by atoms with van der Waals surface area (Å²) in [6.07, 6.45) is 0.244. The van der Waals surface area contributed by atoms with Crippen LogP contribution < -0.4 is 5.32 Å². The molecule has 2 aromatic carbocycles. The SMILES string of the molecule is O=C(Nc1ccc(C2(C(=O)O)CC2)cc1)c1cnn2cccc(Cc3ccc(C(F)(F)F)cc3)c12. The van der Waals surface area contributed by atoms with Crippen LogP contribution >= 0.6 is 0 Å². The third-order valence-corrected chi connectivity index (χ3v) is 6.40. The Morgan fingerprint density at radius 1 is 1.03 bits per heavy atom. The minimum absolute atomic E-state index is 0.320. The lowest BCUT2D eigenvalue weighted by Gasteiger charge is -2.12. The van der Waals surface area contributed by atoms with Crippen molar-refractivity contribution in [1.82, 2.24) is 9.61 Å². The molecule has 2 aromatic heterocycles. The zero-order chi connectivity index (χ0) is 24.8. The van der Waals surface area contributed by atoms with Crippen LogP contribution in [-0.2, 0) is 22.8 Å². The Morgan fingerprint density at radius 3 is 2.31 bits per heavy atom. The molecular weight excluding hydrogens is 459 g/mol. The van der Waals surface area contributed by atoms with Gasteiger partial charge in [0.2, 0.25) is 0 Å². The number of hydrogen-bond donors (Lipinski definition) is 2. The van der Waals surface area contributed by atoms with Crippen LogP contribution in [0.1, 0.15) is 45.5 Å². The highest BCUT2D eigenvalue weighted by Crippen LogP contribution is 2.48. The molecule has 9 heteroatoms. The molecule has 178 valence electrons. The van der Waals surface area contributed by atoms with Gasteiger partial charge in [-0.2, -0.15) is 18.3 Å². The number of anilines is 1. The fraction of sp³-hybridized carbons (Fsp3) is 0.192. The lowest BCUT2D eigenvalue weighted by atomic mass is 9.96. The fourth-order valence-corrected chi connectivity index (χ4v) is 4.28. The molecule has 4 aromatic rings. The molecular formula is C26H20F3N3O3. The normalized spacial score (nSPS) is 14.6. The number of nitrogens with one attached hydrogen (secondary N) is 1.